The van der Waals surface area contributed by atoms with Crippen molar-refractivity contribution >= 4 is 0 Å². The molecule has 2 heteroatoms. The molecule has 0 saturated carbocycles. The van der Waals surface area contributed by atoms with Crippen molar-refractivity contribution in [3.05, 3.63) is 12.4 Å². The Balaban J connectivity index is 2.07. The van der Waals surface area contributed by atoms with Crippen LogP contribution in [0, 0.1) is 0 Å². The first-order chi connectivity index (χ1) is 7.70. The number of rotatable bonds is 8. The minimum atomic E-state index is 1.11. The summed E-state index contributed by atoms with van der Waals surface area (Å²) in [6.45, 7) is 8.12. The van der Waals surface area contributed by atoms with Crippen LogP contribution in [0.5, 0.6) is 0 Å². The zero-order valence-electron chi connectivity index (χ0n) is 11.4. The highest BCUT2D eigenvalue weighted by Gasteiger charge is 2.25. The monoisotopic (exact) mass is 225 g/mol. The molecule has 16 heavy (non-hydrogen) atoms. The van der Waals surface area contributed by atoms with Gasteiger partial charge in [-0.3, -0.25) is 4.48 Å². The van der Waals surface area contributed by atoms with Gasteiger partial charge in [-0.15, -0.1) is 0 Å². The van der Waals surface area contributed by atoms with Crippen LogP contribution >= 0.6 is 0 Å². The summed E-state index contributed by atoms with van der Waals surface area (Å²) >= 11 is 0. The molecule has 0 saturated heterocycles. The van der Waals surface area contributed by atoms with Crippen molar-refractivity contribution in [2.75, 3.05) is 26.8 Å². The van der Waals surface area contributed by atoms with Crippen LogP contribution in [0.4, 0.5) is 0 Å². The molecule has 0 aromatic rings. The highest BCUT2D eigenvalue weighted by Crippen LogP contribution is 2.17. The zero-order chi connectivity index (χ0) is 11.9. The van der Waals surface area contributed by atoms with Gasteiger partial charge in [0.2, 0.25) is 0 Å². The highest BCUT2D eigenvalue weighted by atomic mass is 15.5. The zero-order valence-corrected chi connectivity index (χ0v) is 11.4. The van der Waals surface area contributed by atoms with Crippen LogP contribution < -0.4 is 0 Å². The molecule has 1 rings (SSSR count). The smallest absolute Gasteiger partial charge is 0.158 e. The van der Waals surface area contributed by atoms with Gasteiger partial charge in [0.25, 0.3) is 0 Å². The summed E-state index contributed by atoms with van der Waals surface area (Å²) in [4.78, 5) is 2.40. The summed E-state index contributed by atoms with van der Waals surface area (Å²) in [5, 5.41) is 0. The van der Waals surface area contributed by atoms with E-state index in [-0.39, 0.29) is 0 Å². The van der Waals surface area contributed by atoms with Crippen LogP contribution in [0.3, 0.4) is 0 Å². The summed E-state index contributed by atoms with van der Waals surface area (Å²) in [5.74, 6) is 0. The lowest BCUT2D eigenvalue weighted by Gasteiger charge is -2.28. The first-order valence-electron chi connectivity index (χ1n) is 6.98. The summed E-state index contributed by atoms with van der Waals surface area (Å²) in [6.07, 6.45) is 13.0. The third-order valence-corrected chi connectivity index (χ3v) is 3.57. The number of quaternary nitrogens is 1. The second kappa shape index (κ2) is 6.95. The van der Waals surface area contributed by atoms with E-state index in [2.05, 4.69) is 38.2 Å². The predicted molar refractivity (Wildman–Crippen MR) is 70.8 cm³/mol. The second-order valence-corrected chi connectivity index (χ2v) is 5.32. The minimum absolute atomic E-state index is 1.11. The SMILES string of the molecule is CCCCCCCC[N+]1(C)C=CN(CC)C1. The molecule has 0 bridgehead atoms. The van der Waals surface area contributed by atoms with Crippen molar-refractivity contribution in [2.24, 2.45) is 0 Å². The van der Waals surface area contributed by atoms with Crippen molar-refractivity contribution in [3.63, 3.8) is 0 Å². The van der Waals surface area contributed by atoms with Crippen LogP contribution in [0.2, 0.25) is 0 Å². The molecule has 0 aliphatic carbocycles. The van der Waals surface area contributed by atoms with Crippen LogP contribution in [-0.4, -0.2) is 36.2 Å². The molecule has 1 heterocycles. The summed E-state index contributed by atoms with van der Waals surface area (Å²) in [7, 11) is 2.35. The maximum Gasteiger partial charge on any atom is 0.158 e. The molecule has 0 aromatic carbocycles. The van der Waals surface area contributed by atoms with Crippen LogP contribution in [0.1, 0.15) is 52.4 Å². The van der Waals surface area contributed by atoms with Gasteiger partial charge in [-0.2, -0.15) is 0 Å². The maximum atomic E-state index is 2.40. The molecule has 94 valence electrons. The molecular weight excluding hydrogens is 196 g/mol. The van der Waals surface area contributed by atoms with E-state index in [9.17, 15) is 0 Å². The van der Waals surface area contributed by atoms with Crippen molar-refractivity contribution < 1.29 is 4.48 Å². The Kier molecular flexibility index (Phi) is 5.89. The normalized spacial score (nSPS) is 24.3. The Morgan fingerprint density at radius 3 is 2.38 bits per heavy atom. The average Bonchev–Trinajstić information content (AvgIpc) is 2.66. The van der Waals surface area contributed by atoms with Gasteiger partial charge < -0.3 is 4.90 Å². The molecule has 0 radical (unpaired) electrons. The van der Waals surface area contributed by atoms with Crippen molar-refractivity contribution in [1.29, 1.82) is 0 Å². The molecule has 1 atom stereocenters. The fourth-order valence-electron chi connectivity index (χ4n) is 2.37. The standard InChI is InChI=1S/C14H29N2/c1-4-6-7-8-9-10-12-16(3)13-11-15(5-2)14-16/h11,13H,4-10,12,14H2,1-3H3/q+1. The van der Waals surface area contributed by atoms with Crippen molar-refractivity contribution in [1.82, 2.24) is 4.90 Å². The third-order valence-electron chi connectivity index (χ3n) is 3.57. The Hall–Kier alpha value is -0.500. The van der Waals surface area contributed by atoms with Gasteiger partial charge in [-0.25, -0.2) is 0 Å². The van der Waals surface area contributed by atoms with Crippen molar-refractivity contribution in [3.8, 4) is 0 Å². The minimum Gasteiger partial charge on any atom is -0.326 e. The van der Waals surface area contributed by atoms with Gasteiger partial charge in [0.05, 0.1) is 19.8 Å². The molecule has 0 fully saturated rings. The fraction of sp³-hybridized carbons (Fsp3) is 0.857. The fourth-order valence-corrected chi connectivity index (χ4v) is 2.37. The van der Waals surface area contributed by atoms with Gasteiger partial charge >= 0.3 is 0 Å². The molecular formula is C14H29N2+. The first-order valence-corrected chi connectivity index (χ1v) is 6.98. The van der Waals surface area contributed by atoms with Gasteiger partial charge in [0.1, 0.15) is 6.20 Å². The number of nitrogens with zero attached hydrogens (tertiary/aromatic N) is 2. The van der Waals surface area contributed by atoms with Gasteiger partial charge in [0.15, 0.2) is 6.67 Å². The summed E-state index contributed by atoms with van der Waals surface area (Å²) in [6, 6.07) is 0. The van der Waals surface area contributed by atoms with Crippen LogP contribution in [0.15, 0.2) is 12.4 Å². The van der Waals surface area contributed by atoms with Gasteiger partial charge in [0, 0.05) is 6.54 Å². The molecule has 1 unspecified atom stereocenters. The number of hydrogen-bond acceptors (Lipinski definition) is 1. The Bertz CT molecular complexity index is 213. The van der Waals surface area contributed by atoms with Crippen LogP contribution in [0.25, 0.3) is 0 Å². The Morgan fingerprint density at radius 1 is 1.06 bits per heavy atom. The van der Waals surface area contributed by atoms with Gasteiger partial charge in [-0.05, 0) is 19.8 Å². The number of unbranched alkanes of at least 4 members (excludes halogenated alkanes) is 5. The van der Waals surface area contributed by atoms with E-state index in [0.29, 0.717) is 0 Å². The summed E-state index contributed by atoms with van der Waals surface area (Å²) < 4.78 is 1.11. The van der Waals surface area contributed by atoms with Crippen molar-refractivity contribution in [2.45, 2.75) is 52.4 Å². The molecule has 2 nitrogen and oxygen atoms in total. The lowest BCUT2D eigenvalue weighted by Crippen LogP contribution is -2.41. The first kappa shape index (κ1) is 13.6. The average molecular weight is 225 g/mol. The topological polar surface area (TPSA) is 3.24 Å². The second-order valence-electron chi connectivity index (χ2n) is 5.32. The highest BCUT2D eigenvalue weighted by molar-refractivity contribution is 4.80. The van der Waals surface area contributed by atoms with Crippen LogP contribution in [-0.2, 0) is 0 Å². The predicted octanol–water partition coefficient (Wildman–Crippen LogP) is 3.56. The molecule has 1 aliphatic rings. The lowest BCUT2D eigenvalue weighted by atomic mass is 10.1. The quantitative estimate of drug-likeness (QED) is 0.451. The van der Waals surface area contributed by atoms with E-state index in [1.807, 2.05) is 0 Å². The largest absolute Gasteiger partial charge is 0.326 e. The Labute approximate surface area is 102 Å². The third kappa shape index (κ3) is 4.56. The van der Waals surface area contributed by atoms with E-state index in [4.69, 9.17) is 0 Å². The van der Waals surface area contributed by atoms with E-state index in [1.165, 1.54) is 51.7 Å². The van der Waals surface area contributed by atoms with E-state index in [0.717, 1.165) is 11.0 Å². The molecule has 0 amide bonds. The van der Waals surface area contributed by atoms with E-state index in [1.54, 1.807) is 0 Å². The van der Waals surface area contributed by atoms with Gasteiger partial charge in [-0.1, -0.05) is 32.6 Å². The van der Waals surface area contributed by atoms with E-state index >= 15 is 0 Å². The molecule has 1 aliphatic heterocycles. The van der Waals surface area contributed by atoms with E-state index < -0.39 is 0 Å². The Morgan fingerprint density at radius 2 is 1.75 bits per heavy atom. The molecule has 0 spiro atoms. The molecule has 0 aromatic heterocycles. The maximum absolute atomic E-state index is 2.40. The lowest BCUT2D eigenvalue weighted by molar-refractivity contribution is -0.861. The summed E-state index contributed by atoms with van der Waals surface area (Å²) in [5.41, 5.74) is 0. The molecule has 0 N–H and O–H groups in total. The number of hydrogen-bond donors (Lipinski definition) is 0.